The number of hydrogen-bond donors (Lipinski definition) is 1. The minimum absolute atomic E-state index is 0.492. The van der Waals surface area contributed by atoms with Crippen molar-refractivity contribution in [3.8, 4) is 5.75 Å². The molecule has 1 heterocycles. The molecule has 0 aliphatic heterocycles. The first-order valence-electron chi connectivity index (χ1n) is 6.19. The summed E-state index contributed by atoms with van der Waals surface area (Å²) < 4.78 is 7.63. The number of aryl methyl sites for hydroxylation is 1. The van der Waals surface area contributed by atoms with E-state index < -0.39 is 0 Å². The van der Waals surface area contributed by atoms with Crippen molar-refractivity contribution >= 4 is 12.1 Å². The number of anilines is 1. The number of rotatable bonds is 6. The number of carbonyl (C=O) groups excluding carboxylic acids is 1. The van der Waals surface area contributed by atoms with Gasteiger partial charge in [0.2, 0.25) is 6.41 Å². The van der Waals surface area contributed by atoms with Crippen molar-refractivity contribution in [1.29, 1.82) is 0 Å². The quantitative estimate of drug-likeness (QED) is 0.810. The zero-order valence-corrected chi connectivity index (χ0v) is 11.1. The van der Waals surface area contributed by atoms with Crippen LogP contribution in [0.3, 0.4) is 0 Å². The van der Waals surface area contributed by atoms with E-state index in [0.29, 0.717) is 13.0 Å². The third-order valence-corrected chi connectivity index (χ3v) is 2.98. The minimum Gasteiger partial charge on any atom is -0.489 e. The van der Waals surface area contributed by atoms with E-state index in [1.165, 1.54) is 0 Å². The lowest BCUT2D eigenvalue weighted by atomic mass is 10.2. The smallest absolute Gasteiger partial charge is 0.211 e. The molecule has 0 aliphatic rings. The predicted molar refractivity (Wildman–Crippen MR) is 73.1 cm³/mol. The molecule has 0 fully saturated rings. The van der Waals surface area contributed by atoms with Crippen LogP contribution in [0.5, 0.6) is 5.75 Å². The Morgan fingerprint density at radius 2 is 2.11 bits per heavy atom. The fourth-order valence-electron chi connectivity index (χ4n) is 1.82. The van der Waals surface area contributed by atoms with E-state index in [4.69, 9.17) is 4.74 Å². The Balaban J connectivity index is 1.97. The molecule has 0 aliphatic carbocycles. The molecule has 0 unspecified atom stereocenters. The largest absolute Gasteiger partial charge is 0.489 e. The van der Waals surface area contributed by atoms with Crippen molar-refractivity contribution in [1.82, 2.24) is 9.78 Å². The van der Waals surface area contributed by atoms with Crippen LogP contribution in [0.4, 0.5) is 5.69 Å². The SMILES string of the molecule is CCn1ncc(COc2ccc(NC=O)cc2)c1C. The number of ether oxygens (including phenoxy) is 1. The lowest BCUT2D eigenvalue weighted by Crippen LogP contribution is -2.01. The van der Waals surface area contributed by atoms with Gasteiger partial charge in [0.15, 0.2) is 0 Å². The molecule has 1 N–H and O–H groups in total. The van der Waals surface area contributed by atoms with Crippen molar-refractivity contribution in [3.05, 3.63) is 41.7 Å². The van der Waals surface area contributed by atoms with Gasteiger partial charge in [-0.25, -0.2) is 0 Å². The van der Waals surface area contributed by atoms with Crippen LogP contribution < -0.4 is 10.1 Å². The van der Waals surface area contributed by atoms with Crippen LogP contribution in [0.25, 0.3) is 0 Å². The Bertz CT molecular complexity index is 546. The van der Waals surface area contributed by atoms with Gasteiger partial charge in [0.05, 0.1) is 6.20 Å². The molecule has 100 valence electrons. The van der Waals surface area contributed by atoms with Crippen molar-refractivity contribution in [3.63, 3.8) is 0 Å². The van der Waals surface area contributed by atoms with Gasteiger partial charge in [-0.05, 0) is 38.1 Å². The maximum absolute atomic E-state index is 10.3. The molecule has 0 radical (unpaired) electrons. The molecule has 5 heteroatoms. The van der Waals surface area contributed by atoms with Gasteiger partial charge in [-0.1, -0.05) is 0 Å². The molecule has 0 saturated heterocycles. The molecular formula is C14H17N3O2. The number of carbonyl (C=O) groups is 1. The van der Waals surface area contributed by atoms with Crippen LogP contribution in [-0.4, -0.2) is 16.2 Å². The first-order valence-corrected chi connectivity index (χ1v) is 6.19. The Morgan fingerprint density at radius 1 is 1.37 bits per heavy atom. The third-order valence-electron chi connectivity index (χ3n) is 2.98. The zero-order valence-electron chi connectivity index (χ0n) is 11.1. The Kier molecular flexibility index (Phi) is 4.18. The van der Waals surface area contributed by atoms with E-state index in [1.54, 1.807) is 12.1 Å². The molecule has 1 aromatic carbocycles. The maximum Gasteiger partial charge on any atom is 0.211 e. The summed E-state index contributed by atoms with van der Waals surface area (Å²) in [5.41, 5.74) is 2.95. The van der Waals surface area contributed by atoms with Gasteiger partial charge in [-0.3, -0.25) is 9.48 Å². The van der Waals surface area contributed by atoms with Crippen LogP contribution in [0, 0.1) is 6.92 Å². The second-order valence-electron chi connectivity index (χ2n) is 4.15. The molecule has 1 aromatic heterocycles. The summed E-state index contributed by atoms with van der Waals surface area (Å²) in [6, 6.07) is 7.24. The number of hydrogen-bond acceptors (Lipinski definition) is 3. The summed E-state index contributed by atoms with van der Waals surface area (Å²) in [6.07, 6.45) is 2.49. The maximum atomic E-state index is 10.3. The van der Waals surface area contributed by atoms with Crippen LogP contribution in [0.1, 0.15) is 18.2 Å². The van der Waals surface area contributed by atoms with Gasteiger partial charge in [-0.15, -0.1) is 0 Å². The van der Waals surface area contributed by atoms with Gasteiger partial charge in [0.25, 0.3) is 0 Å². The highest BCUT2D eigenvalue weighted by atomic mass is 16.5. The average Bonchev–Trinajstić information content (AvgIpc) is 2.79. The van der Waals surface area contributed by atoms with E-state index in [2.05, 4.69) is 17.3 Å². The summed E-state index contributed by atoms with van der Waals surface area (Å²) in [6.45, 7) is 5.44. The van der Waals surface area contributed by atoms with Crippen LogP contribution in [-0.2, 0) is 17.9 Å². The second-order valence-corrected chi connectivity index (χ2v) is 4.15. The molecular weight excluding hydrogens is 242 g/mol. The zero-order chi connectivity index (χ0) is 13.7. The van der Waals surface area contributed by atoms with E-state index in [9.17, 15) is 4.79 Å². The van der Waals surface area contributed by atoms with Crippen LogP contribution >= 0.6 is 0 Å². The molecule has 0 saturated carbocycles. The first kappa shape index (κ1) is 13.1. The summed E-state index contributed by atoms with van der Waals surface area (Å²) in [4.78, 5) is 10.3. The highest BCUT2D eigenvalue weighted by molar-refractivity contribution is 5.71. The topological polar surface area (TPSA) is 56.1 Å². The number of amides is 1. The molecule has 2 rings (SSSR count). The molecule has 19 heavy (non-hydrogen) atoms. The predicted octanol–water partition coefficient (Wildman–Crippen LogP) is 2.36. The molecule has 0 atom stereocenters. The number of nitrogens with one attached hydrogen (secondary N) is 1. The molecule has 0 bridgehead atoms. The highest BCUT2D eigenvalue weighted by Gasteiger charge is 2.05. The molecule has 1 amide bonds. The van der Waals surface area contributed by atoms with E-state index >= 15 is 0 Å². The fraction of sp³-hybridized carbons (Fsp3) is 0.286. The minimum atomic E-state index is 0.492. The number of nitrogens with zero attached hydrogens (tertiary/aromatic N) is 2. The second kappa shape index (κ2) is 6.04. The van der Waals surface area contributed by atoms with Gasteiger partial charge in [0.1, 0.15) is 12.4 Å². The standard InChI is InChI=1S/C14H17N3O2/c1-3-17-11(2)12(8-16-17)9-19-14-6-4-13(5-7-14)15-10-18/h4-8,10H,3,9H2,1-2H3,(H,15,18). The lowest BCUT2D eigenvalue weighted by Gasteiger charge is -2.07. The van der Waals surface area contributed by atoms with Crippen molar-refractivity contribution in [2.24, 2.45) is 0 Å². The normalized spacial score (nSPS) is 10.2. The Morgan fingerprint density at radius 3 is 2.68 bits per heavy atom. The number of aromatic nitrogens is 2. The average molecular weight is 259 g/mol. The molecule has 0 spiro atoms. The fourth-order valence-corrected chi connectivity index (χ4v) is 1.82. The van der Waals surface area contributed by atoms with Gasteiger partial charge < -0.3 is 10.1 Å². The highest BCUT2D eigenvalue weighted by Crippen LogP contribution is 2.17. The van der Waals surface area contributed by atoms with Gasteiger partial charge in [-0.2, -0.15) is 5.10 Å². The van der Waals surface area contributed by atoms with Crippen LogP contribution in [0.2, 0.25) is 0 Å². The van der Waals surface area contributed by atoms with Crippen molar-refractivity contribution in [2.45, 2.75) is 27.0 Å². The Hall–Kier alpha value is -2.30. The summed E-state index contributed by atoms with van der Waals surface area (Å²) in [5, 5.41) is 6.85. The molecule has 5 nitrogen and oxygen atoms in total. The monoisotopic (exact) mass is 259 g/mol. The summed E-state index contributed by atoms with van der Waals surface area (Å²) in [7, 11) is 0. The van der Waals surface area contributed by atoms with Gasteiger partial charge >= 0.3 is 0 Å². The first-order chi connectivity index (χ1) is 9.24. The third kappa shape index (κ3) is 3.13. The van der Waals surface area contributed by atoms with E-state index in [-0.39, 0.29) is 0 Å². The van der Waals surface area contributed by atoms with E-state index in [0.717, 1.165) is 29.2 Å². The molecule has 2 aromatic rings. The lowest BCUT2D eigenvalue weighted by molar-refractivity contribution is -0.105. The van der Waals surface area contributed by atoms with Crippen LogP contribution in [0.15, 0.2) is 30.5 Å². The van der Waals surface area contributed by atoms with E-state index in [1.807, 2.05) is 29.9 Å². The number of benzene rings is 1. The van der Waals surface area contributed by atoms with Gasteiger partial charge in [0, 0.05) is 23.5 Å². The summed E-state index contributed by atoms with van der Waals surface area (Å²) in [5.74, 6) is 0.764. The van der Waals surface area contributed by atoms with Crippen molar-refractivity contribution in [2.75, 3.05) is 5.32 Å². The Labute approximate surface area is 112 Å². The summed E-state index contributed by atoms with van der Waals surface area (Å²) >= 11 is 0. The van der Waals surface area contributed by atoms with Crippen molar-refractivity contribution < 1.29 is 9.53 Å².